The largest absolute Gasteiger partial charge is 0.489 e. The van der Waals surface area contributed by atoms with Crippen molar-refractivity contribution >= 4 is 0 Å². The van der Waals surface area contributed by atoms with E-state index in [9.17, 15) is 0 Å². The highest BCUT2D eigenvalue weighted by Crippen LogP contribution is 2.17. The first-order valence-corrected chi connectivity index (χ1v) is 6.82. The predicted octanol–water partition coefficient (Wildman–Crippen LogP) is 2.63. The summed E-state index contributed by atoms with van der Waals surface area (Å²) in [6, 6.07) is 10.3. The minimum Gasteiger partial charge on any atom is -0.489 e. The Hall–Kier alpha value is -2.07. The summed E-state index contributed by atoms with van der Waals surface area (Å²) in [5, 5.41) is 7.70. The summed E-state index contributed by atoms with van der Waals surface area (Å²) in [6.45, 7) is 7.97. The maximum atomic E-state index is 5.65. The van der Waals surface area contributed by atoms with E-state index in [0.29, 0.717) is 12.6 Å². The molecule has 4 nitrogen and oxygen atoms in total. The van der Waals surface area contributed by atoms with Crippen LogP contribution in [0.25, 0.3) is 0 Å². The van der Waals surface area contributed by atoms with Crippen molar-refractivity contribution in [1.82, 2.24) is 15.1 Å². The van der Waals surface area contributed by atoms with Crippen LogP contribution in [0, 0.1) is 0 Å². The van der Waals surface area contributed by atoms with Crippen LogP contribution < -0.4 is 10.1 Å². The third kappa shape index (κ3) is 4.24. The number of aromatic nitrogens is 2. The van der Waals surface area contributed by atoms with Gasteiger partial charge in [-0.1, -0.05) is 30.9 Å². The van der Waals surface area contributed by atoms with Gasteiger partial charge in [0.05, 0.1) is 6.54 Å². The molecule has 0 fully saturated rings. The summed E-state index contributed by atoms with van der Waals surface area (Å²) >= 11 is 0. The van der Waals surface area contributed by atoms with Crippen LogP contribution in [-0.2, 0) is 13.1 Å². The maximum absolute atomic E-state index is 5.65. The van der Waals surface area contributed by atoms with E-state index in [2.05, 4.69) is 30.0 Å². The minimum atomic E-state index is 0.336. The fourth-order valence-corrected chi connectivity index (χ4v) is 1.98. The van der Waals surface area contributed by atoms with Crippen LogP contribution in [0.3, 0.4) is 0 Å². The number of hydrogen-bond donors (Lipinski definition) is 1. The topological polar surface area (TPSA) is 39.1 Å². The number of hydrogen-bond acceptors (Lipinski definition) is 3. The second kappa shape index (κ2) is 7.50. The second-order valence-corrected chi connectivity index (χ2v) is 4.72. The van der Waals surface area contributed by atoms with E-state index in [1.165, 1.54) is 0 Å². The molecular weight excluding hydrogens is 250 g/mol. The van der Waals surface area contributed by atoms with Gasteiger partial charge in [-0.15, -0.1) is 0 Å². The zero-order valence-electron chi connectivity index (χ0n) is 11.8. The van der Waals surface area contributed by atoms with Crippen LogP contribution >= 0.6 is 0 Å². The monoisotopic (exact) mass is 271 g/mol. The van der Waals surface area contributed by atoms with Crippen LogP contribution in [0.15, 0.2) is 55.4 Å². The lowest BCUT2D eigenvalue weighted by molar-refractivity contribution is 0.355. The number of ether oxygens (including phenoxy) is 1. The van der Waals surface area contributed by atoms with Crippen molar-refractivity contribution in [3.05, 3.63) is 60.9 Å². The van der Waals surface area contributed by atoms with Gasteiger partial charge in [0.1, 0.15) is 12.4 Å². The molecule has 0 aliphatic rings. The van der Waals surface area contributed by atoms with E-state index in [-0.39, 0.29) is 0 Å². The summed E-state index contributed by atoms with van der Waals surface area (Å²) in [4.78, 5) is 0. The second-order valence-electron chi connectivity index (χ2n) is 4.72. The molecule has 0 spiro atoms. The van der Waals surface area contributed by atoms with Crippen molar-refractivity contribution in [3.63, 3.8) is 0 Å². The smallest absolute Gasteiger partial charge is 0.124 e. The van der Waals surface area contributed by atoms with Crippen molar-refractivity contribution < 1.29 is 4.74 Å². The molecule has 20 heavy (non-hydrogen) atoms. The molecular formula is C16H21N3O. The molecule has 0 radical (unpaired) electrons. The molecule has 0 aliphatic carbocycles. The van der Waals surface area contributed by atoms with Gasteiger partial charge in [0.2, 0.25) is 0 Å². The van der Waals surface area contributed by atoms with Crippen LogP contribution in [0.5, 0.6) is 5.75 Å². The average Bonchev–Trinajstić information content (AvgIpc) is 2.96. The zero-order chi connectivity index (χ0) is 14.2. The first-order valence-electron chi connectivity index (χ1n) is 6.82. The van der Waals surface area contributed by atoms with Crippen molar-refractivity contribution in [2.24, 2.45) is 0 Å². The molecule has 0 saturated carbocycles. The molecule has 1 aromatic heterocycles. The van der Waals surface area contributed by atoms with Gasteiger partial charge in [-0.05, 0) is 19.1 Å². The highest BCUT2D eigenvalue weighted by Gasteiger charge is 2.06. The Balaban J connectivity index is 1.88. The summed E-state index contributed by atoms with van der Waals surface area (Å²) in [6.07, 6.45) is 5.52. The lowest BCUT2D eigenvalue weighted by Crippen LogP contribution is -2.30. The first kappa shape index (κ1) is 14.3. The van der Waals surface area contributed by atoms with Crippen molar-refractivity contribution in [2.75, 3.05) is 6.61 Å². The highest BCUT2D eigenvalue weighted by molar-refractivity contribution is 5.33. The van der Waals surface area contributed by atoms with Gasteiger partial charge in [-0.2, -0.15) is 5.10 Å². The van der Waals surface area contributed by atoms with Gasteiger partial charge in [0, 0.05) is 30.5 Å². The average molecular weight is 271 g/mol. The molecule has 1 aromatic carbocycles. The number of benzene rings is 1. The van der Waals surface area contributed by atoms with E-state index in [1.54, 1.807) is 12.3 Å². The molecule has 0 amide bonds. The Bertz CT molecular complexity index is 522. The van der Waals surface area contributed by atoms with Gasteiger partial charge in [-0.25, -0.2) is 0 Å². The molecule has 106 valence electrons. The van der Waals surface area contributed by atoms with Gasteiger partial charge < -0.3 is 10.1 Å². The molecule has 0 bridgehead atoms. The maximum Gasteiger partial charge on any atom is 0.124 e. The number of rotatable bonds is 8. The third-order valence-electron chi connectivity index (χ3n) is 2.99. The molecule has 4 heteroatoms. The Kier molecular flexibility index (Phi) is 5.38. The fraction of sp³-hybridized carbons (Fsp3) is 0.312. The third-order valence-corrected chi connectivity index (χ3v) is 2.99. The van der Waals surface area contributed by atoms with E-state index in [4.69, 9.17) is 4.74 Å². The van der Waals surface area contributed by atoms with Crippen LogP contribution in [0.1, 0.15) is 12.5 Å². The van der Waals surface area contributed by atoms with E-state index < -0.39 is 0 Å². The fourth-order valence-electron chi connectivity index (χ4n) is 1.98. The molecule has 1 N–H and O–H groups in total. The Morgan fingerprint density at radius 2 is 2.25 bits per heavy atom. The lowest BCUT2D eigenvalue weighted by atomic mass is 10.2. The standard InChI is InChI=1S/C16H21N3O/c1-3-11-20-16-8-5-4-7-15(16)12-17-14(2)13-19-10-6-9-18-19/h3-10,14,17H,1,11-13H2,2H3. The molecule has 1 heterocycles. The van der Waals surface area contributed by atoms with Gasteiger partial charge in [-0.3, -0.25) is 4.68 Å². The van der Waals surface area contributed by atoms with Crippen molar-refractivity contribution in [2.45, 2.75) is 26.1 Å². The normalized spacial score (nSPS) is 12.1. The van der Waals surface area contributed by atoms with Crippen molar-refractivity contribution in [3.8, 4) is 5.75 Å². The van der Waals surface area contributed by atoms with Crippen LogP contribution in [0.2, 0.25) is 0 Å². The van der Waals surface area contributed by atoms with Gasteiger partial charge in [0.25, 0.3) is 0 Å². The molecule has 2 aromatic rings. The number of para-hydroxylation sites is 1. The Morgan fingerprint density at radius 3 is 3.00 bits per heavy atom. The Labute approximate surface area is 120 Å². The molecule has 1 atom stereocenters. The van der Waals surface area contributed by atoms with Crippen molar-refractivity contribution in [1.29, 1.82) is 0 Å². The van der Waals surface area contributed by atoms with E-state index >= 15 is 0 Å². The van der Waals surface area contributed by atoms with E-state index in [1.807, 2.05) is 35.1 Å². The lowest BCUT2D eigenvalue weighted by Gasteiger charge is -2.16. The van der Waals surface area contributed by atoms with Crippen LogP contribution in [0.4, 0.5) is 0 Å². The molecule has 0 saturated heterocycles. The molecule has 1 unspecified atom stereocenters. The van der Waals surface area contributed by atoms with E-state index in [0.717, 1.165) is 24.4 Å². The van der Waals surface area contributed by atoms with Gasteiger partial charge in [0.15, 0.2) is 0 Å². The summed E-state index contributed by atoms with van der Waals surface area (Å²) in [5.74, 6) is 0.909. The summed E-state index contributed by atoms with van der Waals surface area (Å²) in [7, 11) is 0. The Morgan fingerprint density at radius 1 is 1.40 bits per heavy atom. The minimum absolute atomic E-state index is 0.336. The number of nitrogens with zero attached hydrogens (tertiary/aromatic N) is 2. The summed E-state index contributed by atoms with van der Waals surface area (Å²) in [5.41, 5.74) is 1.15. The van der Waals surface area contributed by atoms with Gasteiger partial charge >= 0.3 is 0 Å². The zero-order valence-corrected chi connectivity index (χ0v) is 11.8. The first-order chi connectivity index (χ1) is 9.79. The number of nitrogens with one attached hydrogen (secondary N) is 1. The highest BCUT2D eigenvalue weighted by atomic mass is 16.5. The SMILES string of the molecule is C=CCOc1ccccc1CNC(C)Cn1cccn1. The van der Waals surface area contributed by atoms with Crippen LogP contribution in [-0.4, -0.2) is 22.4 Å². The molecule has 0 aliphatic heterocycles. The quantitative estimate of drug-likeness (QED) is 0.750. The predicted molar refractivity (Wildman–Crippen MR) is 80.7 cm³/mol. The summed E-state index contributed by atoms with van der Waals surface area (Å²) < 4.78 is 7.58. The molecule has 2 rings (SSSR count).